The van der Waals surface area contributed by atoms with E-state index in [9.17, 15) is 9.59 Å². The van der Waals surface area contributed by atoms with Crippen LogP contribution >= 0.6 is 0 Å². The Morgan fingerprint density at radius 1 is 1.45 bits per heavy atom. The first-order valence-corrected chi connectivity index (χ1v) is 7.01. The molecular formula is C14H22N4O2. The molecule has 6 nitrogen and oxygen atoms in total. The SMILES string of the molecule is CC(C)CC1NC(=O)CCN(Cc2cnn(C)c2)C1=O. The predicted octanol–water partition coefficient (Wildman–Crippen LogP) is 0.683. The van der Waals surface area contributed by atoms with E-state index in [1.807, 2.05) is 13.2 Å². The van der Waals surface area contributed by atoms with Gasteiger partial charge < -0.3 is 10.2 Å². The zero-order chi connectivity index (χ0) is 14.7. The van der Waals surface area contributed by atoms with Gasteiger partial charge in [0.15, 0.2) is 0 Å². The summed E-state index contributed by atoms with van der Waals surface area (Å²) in [5.74, 6) is 0.327. The van der Waals surface area contributed by atoms with Gasteiger partial charge in [-0.3, -0.25) is 14.3 Å². The molecule has 1 saturated heterocycles. The largest absolute Gasteiger partial charge is 0.344 e. The average molecular weight is 278 g/mol. The van der Waals surface area contributed by atoms with Crippen molar-refractivity contribution in [2.45, 2.75) is 39.3 Å². The van der Waals surface area contributed by atoms with Crippen LogP contribution in [-0.4, -0.2) is 39.1 Å². The van der Waals surface area contributed by atoms with E-state index >= 15 is 0 Å². The highest BCUT2D eigenvalue weighted by Gasteiger charge is 2.30. The molecular weight excluding hydrogens is 256 g/mol. The number of carbonyl (C=O) groups excluding carboxylic acids is 2. The van der Waals surface area contributed by atoms with Gasteiger partial charge in [-0.05, 0) is 12.3 Å². The molecule has 2 amide bonds. The van der Waals surface area contributed by atoms with Crippen LogP contribution in [0, 0.1) is 5.92 Å². The first-order valence-electron chi connectivity index (χ1n) is 7.01. The number of aromatic nitrogens is 2. The molecule has 1 aliphatic rings. The van der Waals surface area contributed by atoms with Gasteiger partial charge in [-0.25, -0.2) is 0 Å². The Labute approximate surface area is 119 Å². The van der Waals surface area contributed by atoms with Gasteiger partial charge in [0.05, 0.1) is 6.20 Å². The first-order chi connectivity index (χ1) is 9.45. The summed E-state index contributed by atoms with van der Waals surface area (Å²) in [5, 5.41) is 6.94. The Morgan fingerprint density at radius 3 is 2.80 bits per heavy atom. The average Bonchev–Trinajstić information content (AvgIpc) is 2.72. The lowest BCUT2D eigenvalue weighted by Gasteiger charge is -2.24. The van der Waals surface area contributed by atoms with E-state index < -0.39 is 6.04 Å². The lowest BCUT2D eigenvalue weighted by Crippen LogP contribution is -2.45. The monoisotopic (exact) mass is 278 g/mol. The second kappa shape index (κ2) is 6.07. The molecule has 0 aliphatic carbocycles. The van der Waals surface area contributed by atoms with Gasteiger partial charge in [-0.1, -0.05) is 13.8 Å². The number of aryl methyl sites for hydroxylation is 1. The highest BCUT2D eigenvalue weighted by Crippen LogP contribution is 2.14. The van der Waals surface area contributed by atoms with Crippen LogP contribution in [0.2, 0.25) is 0 Å². The molecule has 2 heterocycles. The third-order valence-corrected chi connectivity index (χ3v) is 3.39. The zero-order valence-electron chi connectivity index (χ0n) is 12.3. The molecule has 1 aromatic rings. The Morgan fingerprint density at radius 2 is 2.20 bits per heavy atom. The van der Waals surface area contributed by atoms with Crippen molar-refractivity contribution in [2.75, 3.05) is 6.54 Å². The summed E-state index contributed by atoms with van der Waals surface area (Å²) < 4.78 is 1.71. The van der Waals surface area contributed by atoms with Crippen LogP contribution in [0.1, 0.15) is 32.3 Å². The van der Waals surface area contributed by atoms with Crippen molar-refractivity contribution >= 4 is 11.8 Å². The molecule has 1 aromatic heterocycles. The summed E-state index contributed by atoms with van der Waals surface area (Å²) in [7, 11) is 1.85. The fourth-order valence-electron chi connectivity index (χ4n) is 2.46. The maximum absolute atomic E-state index is 12.5. The minimum Gasteiger partial charge on any atom is -0.344 e. The third kappa shape index (κ3) is 3.59. The van der Waals surface area contributed by atoms with Gasteiger partial charge in [-0.15, -0.1) is 0 Å². The number of rotatable bonds is 4. The molecule has 2 rings (SSSR count). The fraction of sp³-hybridized carbons (Fsp3) is 0.643. The van der Waals surface area contributed by atoms with Crippen molar-refractivity contribution in [3.63, 3.8) is 0 Å². The molecule has 1 unspecified atom stereocenters. The summed E-state index contributed by atoms with van der Waals surface area (Å²) in [6.45, 7) is 5.08. The molecule has 0 saturated carbocycles. The molecule has 0 aromatic carbocycles. The van der Waals surface area contributed by atoms with Crippen molar-refractivity contribution < 1.29 is 9.59 Å². The highest BCUT2D eigenvalue weighted by atomic mass is 16.2. The van der Waals surface area contributed by atoms with Crippen LogP contribution in [0.4, 0.5) is 0 Å². The molecule has 0 bridgehead atoms. The molecule has 20 heavy (non-hydrogen) atoms. The Kier molecular flexibility index (Phi) is 4.42. The molecule has 0 radical (unpaired) electrons. The first kappa shape index (κ1) is 14.6. The summed E-state index contributed by atoms with van der Waals surface area (Å²) in [5.41, 5.74) is 0.985. The van der Waals surface area contributed by atoms with Gasteiger partial charge in [0.1, 0.15) is 6.04 Å². The number of nitrogens with one attached hydrogen (secondary N) is 1. The van der Waals surface area contributed by atoms with Crippen molar-refractivity contribution in [1.29, 1.82) is 0 Å². The van der Waals surface area contributed by atoms with Crippen LogP contribution in [0.25, 0.3) is 0 Å². The topological polar surface area (TPSA) is 67.2 Å². The van der Waals surface area contributed by atoms with E-state index in [1.165, 1.54) is 0 Å². The Balaban J connectivity index is 2.10. The fourth-order valence-corrected chi connectivity index (χ4v) is 2.46. The Hall–Kier alpha value is -1.85. The number of carbonyl (C=O) groups is 2. The quantitative estimate of drug-likeness (QED) is 0.881. The predicted molar refractivity (Wildman–Crippen MR) is 74.6 cm³/mol. The molecule has 0 spiro atoms. The number of nitrogens with zero attached hydrogens (tertiary/aromatic N) is 3. The smallest absolute Gasteiger partial charge is 0.245 e. The minimum absolute atomic E-state index is 0.00778. The van der Waals surface area contributed by atoms with Crippen LogP contribution in [0.5, 0.6) is 0 Å². The minimum atomic E-state index is -0.401. The van der Waals surface area contributed by atoms with Crippen molar-refractivity contribution in [3.8, 4) is 0 Å². The zero-order valence-corrected chi connectivity index (χ0v) is 12.3. The van der Waals surface area contributed by atoms with Crippen LogP contribution in [0.3, 0.4) is 0 Å². The maximum atomic E-state index is 12.5. The summed E-state index contributed by atoms with van der Waals surface area (Å²) in [6.07, 6.45) is 4.68. The molecule has 1 N–H and O–H groups in total. The van der Waals surface area contributed by atoms with E-state index in [4.69, 9.17) is 0 Å². The standard InChI is InChI=1S/C14H22N4O2/c1-10(2)6-12-14(20)18(5-4-13(19)16-12)9-11-7-15-17(3)8-11/h7-8,10,12H,4-6,9H2,1-3H3,(H,16,19). The van der Waals surface area contributed by atoms with Crippen LogP contribution < -0.4 is 5.32 Å². The van der Waals surface area contributed by atoms with Gasteiger partial charge >= 0.3 is 0 Å². The molecule has 1 fully saturated rings. The van der Waals surface area contributed by atoms with Crippen molar-refractivity contribution in [3.05, 3.63) is 18.0 Å². The van der Waals surface area contributed by atoms with E-state index in [2.05, 4.69) is 24.3 Å². The van der Waals surface area contributed by atoms with E-state index in [-0.39, 0.29) is 11.8 Å². The maximum Gasteiger partial charge on any atom is 0.245 e. The van der Waals surface area contributed by atoms with Gasteiger partial charge in [0.25, 0.3) is 0 Å². The summed E-state index contributed by atoms with van der Waals surface area (Å²) in [6, 6.07) is -0.401. The van der Waals surface area contributed by atoms with E-state index in [0.29, 0.717) is 31.8 Å². The van der Waals surface area contributed by atoms with Crippen molar-refractivity contribution in [1.82, 2.24) is 20.0 Å². The van der Waals surface area contributed by atoms with Crippen LogP contribution in [0.15, 0.2) is 12.4 Å². The third-order valence-electron chi connectivity index (χ3n) is 3.39. The second-order valence-electron chi connectivity index (χ2n) is 5.78. The van der Waals surface area contributed by atoms with E-state index in [1.54, 1.807) is 15.8 Å². The number of hydrogen-bond donors (Lipinski definition) is 1. The normalized spacial score (nSPS) is 20.2. The van der Waals surface area contributed by atoms with Gasteiger partial charge in [-0.2, -0.15) is 5.10 Å². The second-order valence-corrected chi connectivity index (χ2v) is 5.78. The number of amides is 2. The lowest BCUT2D eigenvalue weighted by molar-refractivity contribution is -0.134. The summed E-state index contributed by atoms with van der Waals surface area (Å²) >= 11 is 0. The highest BCUT2D eigenvalue weighted by molar-refractivity contribution is 5.89. The van der Waals surface area contributed by atoms with Gasteiger partial charge in [0, 0.05) is 38.3 Å². The van der Waals surface area contributed by atoms with E-state index in [0.717, 1.165) is 5.56 Å². The van der Waals surface area contributed by atoms with Crippen LogP contribution in [-0.2, 0) is 23.2 Å². The summed E-state index contributed by atoms with van der Waals surface area (Å²) in [4.78, 5) is 26.0. The molecule has 6 heteroatoms. The molecule has 110 valence electrons. The van der Waals surface area contributed by atoms with Gasteiger partial charge in [0.2, 0.25) is 11.8 Å². The molecule has 1 aliphatic heterocycles. The molecule has 1 atom stereocenters. The Bertz CT molecular complexity index is 495. The lowest BCUT2D eigenvalue weighted by atomic mass is 10.0. The number of hydrogen-bond acceptors (Lipinski definition) is 3. The van der Waals surface area contributed by atoms with Crippen molar-refractivity contribution in [2.24, 2.45) is 13.0 Å².